The van der Waals surface area contributed by atoms with Gasteiger partial charge in [-0.1, -0.05) is 29.8 Å². The number of nitrogens with one attached hydrogen (secondary N) is 1. The molecule has 0 atom stereocenters. The van der Waals surface area contributed by atoms with Crippen LogP contribution in [0.3, 0.4) is 0 Å². The van der Waals surface area contributed by atoms with Gasteiger partial charge in [-0.05, 0) is 44.2 Å². The average molecular weight is 300 g/mol. The first-order valence-corrected chi connectivity index (χ1v) is 6.69. The van der Waals surface area contributed by atoms with Crippen molar-refractivity contribution in [1.29, 1.82) is 0 Å². The number of hydrogen-bond donors (Lipinski definition) is 1. The van der Waals surface area contributed by atoms with Gasteiger partial charge in [0.1, 0.15) is 5.75 Å². The van der Waals surface area contributed by atoms with E-state index in [2.05, 4.69) is 61.1 Å². The first-order valence-electron chi connectivity index (χ1n) is 5.90. The van der Waals surface area contributed by atoms with E-state index in [9.17, 15) is 0 Å². The molecule has 0 aliphatic rings. The van der Waals surface area contributed by atoms with Crippen LogP contribution in [0.15, 0.2) is 16.6 Å². The van der Waals surface area contributed by atoms with Gasteiger partial charge < -0.3 is 10.1 Å². The summed E-state index contributed by atoms with van der Waals surface area (Å²) < 4.78 is 7.05. The Morgan fingerprint density at radius 2 is 1.76 bits per heavy atom. The van der Waals surface area contributed by atoms with Gasteiger partial charge in [-0.15, -0.1) is 0 Å². The van der Waals surface area contributed by atoms with E-state index in [-0.39, 0.29) is 5.41 Å². The monoisotopic (exact) mass is 299 g/mol. The fourth-order valence-electron chi connectivity index (χ4n) is 1.80. The number of benzene rings is 1. The normalized spacial score (nSPS) is 11.6. The molecule has 0 heterocycles. The fraction of sp³-hybridized carbons (Fsp3) is 0.571. The van der Waals surface area contributed by atoms with Crippen molar-refractivity contribution in [2.24, 2.45) is 5.41 Å². The maximum absolute atomic E-state index is 5.88. The van der Waals surface area contributed by atoms with Crippen molar-refractivity contribution < 1.29 is 4.74 Å². The number of halogens is 1. The van der Waals surface area contributed by atoms with Gasteiger partial charge in [0.2, 0.25) is 0 Å². The molecule has 0 fully saturated rings. The van der Waals surface area contributed by atoms with Gasteiger partial charge in [0.25, 0.3) is 0 Å². The smallest absolute Gasteiger partial charge is 0.119 e. The molecule has 0 radical (unpaired) electrons. The van der Waals surface area contributed by atoms with Crippen LogP contribution in [0, 0.1) is 19.3 Å². The first-order chi connectivity index (χ1) is 7.85. The Kier molecular flexibility index (Phi) is 5.02. The number of rotatable bonds is 5. The van der Waals surface area contributed by atoms with Gasteiger partial charge >= 0.3 is 0 Å². The largest absolute Gasteiger partial charge is 0.493 e. The molecule has 17 heavy (non-hydrogen) atoms. The van der Waals surface area contributed by atoms with Gasteiger partial charge in [0.15, 0.2) is 0 Å². The minimum atomic E-state index is 0.142. The van der Waals surface area contributed by atoms with Crippen LogP contribution in [0.5, 0.6) is 5.75 Å². The topological polar surface area (TPSA) is 21.3 Å². The molecule has 1 rings (SSSR count). The third-order valence-electron chi connectivity index (χ3n) is 2.69. The van der Waals surface area contributed by atoms with Crippen molar-refractivity contribution in [3.63, 3.8) is 0 Å². The van der Waals surface area contributed by atoms with Crippen molar-refractivity contribution >= 4 is 15.9 Å². The molecular weight excluding hydrogens is 278 g/mol. The van der Waals surface area contributed by atoms with E-state index in [0.29, 0.717) is 6.61 Å². The second kappa shape index (κ2) is 5.87. The minimum absolute atomic E-state index is 0.142. The molecule has 0 aromatic heterocycles. The van der Waals surface area contributed by atoms with Gasteiger partial charge in [0.05, 0.1) is 6.61 Å². The Balaban J connectivity index is 2.70. The number of aryl methyl sites for hydroxylation is 2. The SMILES string of the molecule is CNCC(C)(C)COc1cc(C)c(Br)c(C)c1. The second-order valence-electron chi connectivity index (χ2n) is 5.35. The highest BCUT2D eigenvalue weighted by atomic mass is 79.9. The van der Waals surface area contributed by atoms with E-state index < -0.39 is 0 Å². The summed E-state index contributed by atoms with van der Waals surface area (Å²) in [5.74, 6) is 0.951. The maximum Gasteiger partial charge on any atom is 0.119 e. The number of hydrogen-bond acceptors (Lipinski definition) is 2. The Morgan fingerprint density at radius 1 is 1.24 bits per heavy atom. The lowest BCUT2D eigenvalue weighted by Crippen LogP contribution is -2.32. The Bertz CT molecular complexity index is 365. The lowest BCUT2D eigenvalue weighted by atomic mass is 9.95. The van der Waals surface area contributed by atoms with Crippen LogP contribution in [0.25, 0.3) is 0 Å². The molecule has 1 aromatic rings. The Morgan fingerprint density at radius 3 is 2.24 bits per heavy atom. The highest BCUT2D eigenvalue weighted by molar-refractivity contribution is 9.10. The molecule has 1 N–H and O–H groups in total. The molecular formula is C14H22BrNO. The summed E-state index contributed by atoms with van der Waals surface area (Å²) in [6, 6.07) is 4.15. The summed E-state index contributed by atoms with van der Waals surface area (Å²) >= 11 is 3.56. The molecule has 0 bridgehead atoms. The second-order valence-corrected chi connectivity index (χ2v) is 6.15. The van der Waals surface area contributed by atoms with Gasteiger partial charge in [-0.25, -0.2) is 0 Å². The van der Waals surface area contributed by atoms with E-state index >= 15 is 0 Å². The molecule has 0 aliphatic carbocycles. The zero-order valence-corrected chi connectivity index (χ0v) is 12.9. The lowest BCUT2D eigenvalue weighted by molar-refractivity contribution is 0.179. The highest BCUT2D eigenvalue weighted by Gasteiger charge is 2.18. The minimum Gasteiger partial charge on any atom is -0.493 e. The number of ether oxygens (including phenoxy) is 1. The standard InChI is InChI=1S/C14H22BrNO/c1-10-6-12(7-11(2)13(10)15)17-9-14(3,4)8-16-5/h6-7,16H,8-9H2,1-5H3. The summed E-state index contributed by atoms with van der Waals surface area (Å²) in [7, 11) is 1.97. The molecule has 0 spiro atoms. The van der Waals surface area contributed by atoms with Crippen molar-refractivity contribution in [3.05, 3.63) is 27.7 Å². The zero-order valence-electron chi connectivity index (χ0n) is 11.4. The van der Waals surface area contributed by atoms with Crippen molar-refractivity contribution in [3.8, 4) is 5.75 Å². The predicted octanol–water partition coefficient (Wildman–Crippen LogP) is 3.69. The molecule has 0 aliphatic heterocycles. The summed E-state index contributed by atoms with van der Waals surface area (Å²) in [4.78, 5) is 0. The lowest BCUT2D eigenvalue weighted by Gasteiger charge is -2.24. The summed E-state index contributed by atoms with van der Waals surface area (Å²) in [5.41, 5.74) is 2.57. The average Bonchev–Trinajstić information content (AvgIpc) is 2.23. The Labute approximate surface area is 113 Å². The Hall–Kier alpha value is -0.540. The van der Waals surface area contributed by atoms with E-state index in [1.165, 1.54) is 15.6 Å². The molecule has 0 saturated heterocycles. The summed E-state index contributed by atoms with van der Waals surface area (Å²) in [5, 5.41) is 3.19. The van der Waals surface area contributed by atoms with E-state index in [0.717, 1.165) is 12.3 Å². The van der Waals surface area contributed by atoms with Crippen molar-refractivity contribution in [1.82, 2.24) is 5.32 Å². The van der Waals surface area contributed by atoms with E-state index in [1.54, 1.807) is 0 Å². The third-order valence-corrected chi connectivity index (χ3v) is 3.95. The first kappa shape index (κ1) is 14.5. The van der Waals surface area contributed by atoms with Gasteiger partial charge in [-0.3, -0.25) is 0 Å². The molecule has 1 aromatic carbocycles. The van der Waals surface area contributed by atoms with Crippen LogP contribution in [-0.4, -0.2) is 20.2 Å². The quantitative estimate of drug-likeness (QED) is 0.895. The maximum atomic E-state index is 5.88. The van der Waals surface area contributed by atoms with Gasteiger partial charge in [0, 0.05) is 16.4 Å². The van der Waals surface area contributed by atoms with E-state index in [4.69, 9.17) is 4.74 Å². The van der Waals surface area contributed by atoms with E-state index in [1.807, 2.05) is 7.05 Å². The van der Waals surface area contributed by atoms with Crippen LogP contribution >= 0.6 is 15.9 Å². The van der Waals surface area contributed by atoms with Crippen LogP contribution in [0.4, 0.5) is 0 Å². The third kappa shape index (κ3) is 4.32. The molecule has 3 heteroatoms. The molecule has 2 nitrogen and oxygen atoms in total. The molecule has 0 amide bonds. The van der Waals surface area contributed by atoms with Crippen LogP contribution in [-0.2, 0) is 0 Å². The zero-order chi connectivity index (χ0) is 13.1. The molecule has 96 valence electrons. The highest BCUT2D eigenvalue weighted by Crippen LogP contribution is 2.27. The summed E-state index contributed by atoms with van der Waals surface area (Å²) in [6.07, 6.45) is 0. The van der Waals surface area contributed by atoms with Crippen molar-refractivity contribution in [2.45, 2.75) is 27.7 Å². The van der Waals surface area contributed by atoms with Crippen LogP contribution in [0.2, 0.25) is 0 Å². The molecule has 0 saturated carbocycles. The summed E-state index contributed by atoms with van der Waals surface area (Å²) in [6.45, 7) is 10.2. The van der Waals surface area contributed by atoms with Crippen LogP contribution < -0.4 is 10.1 Å². The van der Waals surface area contributed by atoms with Gasteiger partial charge in [-0.2, -0.15) is 0 Å². The molecule has 0 unspecified atom stereocenters. The van der Waals surface area contributed by atoms with Crippen molar-refractivity contribution in [2.75, 3.05) is 20.2 Å². The predicted molar refractivity (Wildman–Crippen MR) is 76.8 cm³/mol. The fourth-order valence-corrected chi connectivity index (χ4v) is 2.03. The van der Waals surface area contributed by atoms with Crippen LogP contribution in [0.1, 0.15) is 25.0 Å².